The molecule has 0 atom stereocenters. The van der Waals surface area contributed by atoms with Crippen LogP contribution in [0.2, 0.25) is 0 Å². The molecule has 5 heteroatoms. The summed E-state index contributed by atoms with van der Waals surface area (Å²) in [5, 5.41) is 35.6. The summed E-state index contributed by atoms with van der Waals surface area (Å²) in [6, 6.07) is 0. The molecule has 4 fully saturated rings. The van der Waals surface area contributed by atoms with E-state index in [4.69, 9.17) is 20.4 Å². The largest absolute Gasteiger partial charge is 0.393 e. The molecule has 173 valence electrons. The second-order valence-corrected chi connectivity index (χ2v) is 9.17. The van der Waals surface area contributed by atoms with Crippen LogP contribution in [0.1, 0.15) is 128 Å². The molecule has 29 heavy (non-hydrogen) atoms. The van der Waals surface area contributed by atoms with Crippen molar-refractivity contribution in [3.05, 3.63) is 0 Å². The van der Waals surface area contributed by atoms with Crippen LogP contribution in [0.4, 0.5) is 0 Å². The van der Waals surface area contributed by atoms with Gasteiger partial charge in [0.2, 0.25) is 0 Å². The quantitative estimate of drug-likeness (QED) is 0.316. The fourth-order valence-electron chi connectivity index (χ4n) is 4.32. The first kappa shape index (κ1) is 29.6. The van der Waals surface area contributed by atoms with E-state index >= 15 is 0 Å². The van der Waals surface area contributed by atoms with Gasteiger partial charge in [0.15, 0.2) is 0 Å². The van der Waals surface area contributed by atoms with Gasteiger partial charge in [-0.1, -0.05) is 77.0 Å². The van der Waals surface area contributed by atoms with Gasteiger partial charge in [-0.15, -0.1) is 0 Å². The Kier molecular flexibility index (Phi) is 20.9. The van der Waals surface area contributed by atoms with Crippen LogP contribution >= 0.6 is 0 Å². The maximum atomic E-state index is 8.91. The summed E-state index contributed by atoms with van der Waals surface area (Å²) < 4.78 is 0. The zero-order valence-electron chi connectivity index (χ0n) is 18.7. The molecule has 0 aromatic rings. The van der Waals surface area contributed by atoms with Crippen LogP contribution in [-0.2, 0) is 22.4 Å². The first-order chi connectivity index (χ1) is 13.6. The second-order valence-electron chi connectivity index (χ2n) is 9.17. The van der Waals surface area contributed by atoms with Crippen LogP contribution < -0.4 is 0 Å². The molecule has 0 aromatic heterocycles. The van der Waals surface area contributed by atoms with Crippen molar-refractivity contribution >= 4 is 0 Å². The molecule has 0 aromatic carbocycles. The molecule has 4 saturated carbocycles. The van der Waals surface area contributed by atoms with Crippen molar-refractivity contribution in [3.63, 3.8) is 0 Å². The average molecular weight is 582 g/mol. The van der Waals surface area contributed by atoms with Gasteiger partial charge in [0.05, 0.1) is 24.4 Å². The van der Waals surface area contributed by atoms with E-state index in [1.165, 1.54) is 77.0 Å². The molecular formula is C24H48O4Ta. The van der Waals surface area contributed by atoms with Gasteiger partial charge in [0, 0.05) is 22.4 Å². The maximum Gasteiger partial charge on any atom is 0.0540 e. The number of aliphatic hydroxyl groups excluding tert-OH is 4. The summed E-state index contributed by atoms with van der Waals surface area (Å²) in [5.41, 5.74) is 0. The number of aliphatic hydroxyl groups is 4. The van der Waals surface area contributed by atoms with Crippen molar-refractivity contribution in [2.45, 2.75) is 153 Å². The van der Waals surface area contributed by atoms with E-state index in [0.29, 0.717) is 0 Å². The SMILES string of the molecule is OC1CCCCC1.OC1CCCCC1.OC1CCCCC1.OC1CCCCC1.[Ta]. The van der Waals surface area contributed by atoms with Crippen LogP contribution in [0.5, 0.6) is 0 Å². The fourth-order valence-corrected chi connectivity index (χ4v) is 4.32. The van der Waals surface area contributed by atoms with Crippen molar-refractivity contribution in [1.82, 2.24) is 0 Å². The van der Waals surface area contributed by atoms with Gasteiger partial charge in [-0.3, -0.25) is 0 Å². The van der Waals surface area contributed by atoms with Crippen molar-refractivity contribution < 1.29 is 42.8 Å². The van der Waals surface area contributed by atoms with Gasteiger partial charge < -0.3 is 20.4 Å². The first-order valence-electron chi connectivity index (χ1n) is 12.3. The van der Waals surface area contributed by atoms with Gasteiger partial charge in [0.25, 0.3) is 0 Å². The number of hydrogen-bond acceptors (Lipinski definition) is 4. The Bertz CT molecular complexity index is 255. The Hall–Kier alpha value is 0.580. The molecule has 1 radical (unpaired) electrons. The third-order valence-electron chi connectivity index (χ3n) is 6.30. The zero-order chi connectivity index (χ0) is 20.5. The van der Waals surface area contributed by atoms with Crippen molar-refractivity contribution in [1.29, 1.82) is 0 Å². The van der Waals surface area contributed by atoms with Gasteiger partial charge in [-0.05, 0) is 51.4 Å². The number of rotatable bonds is 0. The molecule has 0 amide bonds. The van der Waals surface area contributed by atoms with Crippen LogP contribution in [0.15, 0.2) is 0 Å². The van der Waals surface area contributed by atoms with E-state index in [1.807, 2.05) is 0 Å². The molecular weight excluding hydrogens is 533 g/mol. The third kappa shape index (κ3) is 19.0. The van der Waals surface area contributed by atoms with E-state index in [2.05, 4.69) is 0 Å². The minimum absolute atomic E-state index is 0. The van der Waals surface area contributed by atoms with Gasteiger partial charge in [-0.25, -0.2) is 0 Å². The topological polar surface area (TPSA) is 80.9 Å². The van der Waals surface area contributed by atoms with E-state index in [1.54, 1.807) is 0 Å². The van der Waals surface area contributed by atoms with Crippen LogP contribution in [0, 0.1) is 0 Å². The maximum absolute atomic E-state index is 8.91. The second kappa shape index (κ2) is 20.5. The molecule has 4 N–H and O–H groups in total. The molecule has 0 saturated heterocycles. The van der Waals surface area contributed by atoms with Gasteiger partial charge in [-0.2, -0.15) is 0 Å². The Morgan fingerprint density at radius 1 is 0.276 bits per heavy atom. The average Bonchev–Trinajstić information content (AvgIpc) is 2.72. The van der Waals surface area contributed by atoms with Crippen LogP contribution in [0.25, 0.3) is 0 Å². The zero-order valence-corrected chi connectivity index (χ0v) is 21.9. The Morgan fingerprint density at radius 2 is 0.414 bits per heavy atom. The molecule has 4 nitrogen and oxygen atoms in total. The molecule has 0 bridgehead atoms. The minimum Gasteiger partial charge on any atom is -0.393 e. The summed E-state index contributed by atoms with van der Waals surface area (Å²) >= 11 is 0. The van der Waals surface area contributed by atoms with Crippen LogP contribution in [-0.4, -0.2) is 44.8 Å². The molecule has 0 aliphatic heterocycles. The summed E-state index contributed by atoms with van der Waals surface area (Å²) in [4.78, 5) is 0. The van der Waals surface area contributed by atoms with E-state index in [-0.39, 0.29) is 46.8 Å². The predicted molar refractivity (Wildman–Crippen MR) is 116 cm³/mol. The van der Waals surface area contributed by atoms with Gasteiger partial charge in [0.1, 0.15) is 0 Å². The van der Waals surface area contributed by atoms with E-state index in [0.717, 1.165) is 51.4 Å². The monoisotopic (exact) mass is 581 g/mol. The number of hydrogen-bond donors (Lipinski definition) is 4. The Labute approximate surface area is 195 Å². The normalized spacial score (nSPS) is 24.4. The van der Waals surface area contributed by atoms with E-state index < -0.39 is 0 Å². The van der Waals surface area contributed by atoms with Gasteiger partial charge >= 0.3 is 0 Å². The molecule has 0 spiro atoms. The molecule has 0 unspecified atom stereocenters. The summed E-state index contributed by atoms with van der Waals surface area (Å²) in [5.74, 6) is 0. The molecule has 4 rings (SSSR count). The van der Waals surface area contributed by atoms with E-state index in [9.17, 15) is 0 Å². The smallest absolute Gasteiger partial charge is 0.0540 e. The summed E-state index contributed by atoms with van der Waals surface area (Å²) in [7, 11) is 0. The molecule has 0 heterocycles. The summed E-state index contributed by atoms with van der Waals surface area (Å²) in [6.45, 7) is 0. The Morgan fingerprint density at radius 3 is 0.483 bits per heavy atom. The van der Waals surface area contributed by atoms with Crippen molar-refractivity contribution in [3.8, 4) is 0 Å². The predicted octanol–water partition coefficient (Wildman–Crippen LogP) is 5.24. The standard InChI is InChI=1S/4C6H12O.Ta/c4*7-6-4-2-1-3-5-6;/h4*6-7H,1-5H2;. The fraction of sp³-hybridized carbons (Fsp3) is 1.00. The van der Waals surface area contributed by atoms with Crippen molar-refractivity contribution in [2.75, 3.05) is 0 Å². The first-order valence-corrected chi connectivity index (χ1v) is 12.3. The van der Waals surface area contributed by atoms with Crippen molar-refractivity contribution in [2.24, 2.45) is 0 Å². The molecule has 4 aliphatic carbocycles. The minimum atomic E-state index is 0. The summed E-state index contributed by atoms with van der Waals surface area (Å²) in [6.07, 6.45) is 23.7. The third-order valence-corrected chi connectivity index (χ3v) is 6.30. The molecule has 4 aliphatic rings. The van der Waals surface area contributed by atoms with Crippen LogP contribution in [0.3, 0.4) is 0 Å². The Balaban J connectivity index is 0.000000356.